The molecule has 0 aliphatic rings. The van der Waals surface area contributed by atoms with E-state index in [0.717, 1.165) is 17.0 Å². The molecule has 5 nitrogen and oxygen atoms in total. The Bertz CT molecular complexity index is 746. The van der Waals surface area contributed by atoms with Gasteiger partial charge in [-0.15, -0.1) is 11.3 Å². The number of ether oxygens (including phenoxy) is 1. The summed E-state index contributed by atoms with van der Waals surface area (Å²) in [6.07, 6.45) is -4.31. The van der Waals surface area contributed by atoms with Crippen molar-refractivity contribution in [2.24, 2.45) is 0 Å². The van der Waals surface area contributed by atoms with Gasteiger partial charge in [0.2, 0.25) is 11.8 Å². The molecule has 1 unspecified atom stereocenters. The Labute approximate surface area is 158 Å². The molecule has 2 amide bonds. The van der Waals surface area contributed by atoms with Gasteiger partial charge < -0.3 is 15.4 Å². The molecule has 2 N–H and O–H groups in total. The van der Waals surface area contributed by atoms with E-state index in [9.17, 15) is 22.8 Å². The summed E-state index contributed by atoms with van der Waals surface area (Å²) in [7, 11) is 0. The maximum Gasteiger partial charge on any atom is 0.416 e. The van der Waals surface area contributed by atoms with Crippen LogP contribution in [-0.2, 0) is 15.8 Å². The van der Waals surface area contributed by atoms with Gasteiger partial charge in [0.25, 0.3) is 0 Å². The van der Waals surface area contributed by atoms with Gasteiger partial charge in [0.05, 0.1) is 24.6 Å². The number of benzene rings is 1. The fourth-order valence-corrected chi connectivity index (χ4v) is 3.09. The molecule has 0 radical (unpaired) electrons. The highest BCUT2D eigenvalue weighted by Gasteiger charge is 2.30. The van der Waals surface area contributed by atoms with Crippen LogP contribution >= 0.6 is 11.3 Å². The summed E-state index contributed by atoms with van der Waals surface area (Å²) in [5, 5.41) is 7.26. The lowest BCUT2D eigenvalue weighted by Gasteiger charge is -2.16. The highest BCUT2D eigenvalue weighted by atomic mass is 32.1. The Kier molecular flexibility index (Phi) is 7.23. The van der Waals surface area contributed by atoms with Gasteiger partial charge >= 0.3 is 6.18 Å². The van der Waals surface area contributed by atoms with E-state index in [1.165, 1.54) is 30.4 Å². The molecule has 0 saturated heterocycles. The zero-order chi connectivity index (χ0) is 19.9. The zero-order valence-corrected chi connectivity index (χ0v) is 15.3. The van der Waals surface area contributed by atoms with Gasteiger partial charge in [-0.05, 0) is 35.7 Å². The Morgan fingerprint density at radius 3 is 2.44 bits per heavy atom. The molecule has 0 aliphatic heterocycles. The molecule has 1 aromatic heterocycles. The number of rotatable bonds is 8. The molecular weight excluding hydrogens is 381 g/mol. The van der Waals surface area contributed by atoms with Crippen LogP contribution in [0.5, 0.6) is 5.75 Å². The fraction of sp³-hybridized carbons (Fsp3) is 0.333. The van der Waals surface area contributed by atoms with Gasteiger partial charge in [-0.2, -0.15) is 13.2 Å². The number of nitrogens with one attached hydrogen (secondary N) is 2. The van der Waals surface area contributed by atoms with Crippen LogP contribution in [0.1, 0.15) is 29.8 Å². The van der Waals surface area contributed by atoms with Crippen molar-refractivity contribution >= 4 is 23.2 Å². The van der Waals surface area contributed by atoms with Crippen molar-refractivity contribution in [2.75, 3.05) is 13.2 Å². The molecule has 2 rings (SSSR count). The number of thiophene rings is 1. The molecule has 9 heteroatoms. The second-order valence-corrected chi connectivity index (χ2v) is 6.67. The molecule has 1 aromatic carbocycles. The first-order valence-corrected chi connectivity index (χ1v) is 9.01. The minimum Gasteiger partial charge on any atom is -0.492 e. The first-order valence-electron chi connectivity index (χ1n) is 8.13. The Balaban J connectivity index is 1.76. The molecule has 2 aromatic rings. The summed E-state index contributed by atoms with van der Waals surface area (Å²) in [6.45, 7) is 1.69. The number of carbonyl (C=O) groups excluding carboxylic acids is 2. The van der Waals surface area contributed by atoms with Crippen molar-refractivity contribution < 1.29 is 27.5 Å². The lowest BCUT2D eigenvalue weighted by Crippen LogP contribution is -2.34. The number of hydrogen-bond acceptors (Lipinski definition) is 4. The van der Waals surface area contributed by atoms with Crippen LogP contribution < -0.4 is 15.4 Å². The van der Waals surface area contributed by atoms with Gasteiger partial charge in [0, 0.05) is 11.8 Å². The van der Waals surface area contributed by atoms with Crippen LogP contribution in [0.25, 0.3) is 0 Å². The number of amides is 2. The smallest absolute Gasteiger partial charge is 0.416 e. The van der Waals surface area contributed by atoms with Crippen LogP contribution in [0.4, 0.5) is 13.2 Å². The summed E-state index contributed by atoms with van der Waals surface area (Å²) in [4.78, 5) is 24.2. The van der Waals surface area contributed by atoms with Crippen LogP contribution in [0.2, 0.25) is 0 Å². The van der Waals surface area contributed by atoms with E-state index in [-0.39, 0.29) is 37.1 Å². The highest BCUT2D eigenvalue weighted by molar-refractivity contribution is 7.10. The molecule has 146 valence electrons. The maximum absolute atomic E-state index is 12.5. The van der Waals surface area contributed by atoms with E-state index >= 15 is 0 Å². The minimum absolute atomic E-state index is 0.0837. The van der Waals surface area contributed by atoms with E-state index < -0.39 is 17.8 Å². The quantitative estimate of drug-likeness (QED) is 0.666. The van der Waals surface area contributed by atoms with Crippen molar-refractivity contribution in [1.82, 2.24) is 10.6 Å². The normalized spacial score (nSPS) is 12.3. The summed E-state index contributed by atoms with van der Waals surface area (Å²) in [6, 6.07) is 7.61. The Hall–Kier alpha value is -2.55. The van der Waals surface area contributed by atoms with Gasteiger partial charge in [-0.25, -0.2) is 0 Å². The standard InChI is InChI=1S/C18H19F3N2O3S/c1-12(24)23-15(16-3-2-10-27-16)11-17(25)22-8-9-26-14-6-4-13(5-7-14)18(19,20)21/h2-7,10,15H,8-9,11H2,1H3,(H,22,25)(H,23,24). The van der Waals surface area contributed by atoms with Gasteiger partial charge in [-0.3, -0.25) is 9.59 Å². The topological polar surface area (TPSA) is 67.4 Å². The van der Waals surface area contributed by atoms with Crippen molar-refractivity contribution in [2.45, 2.75) is 25.6 Å². The molecule has 1 atom stereocenters. The first kappa shape index (κ1) is 20.8. The summed E-state index contributed by atoms with van der Waals surface area (Å²) in [5.41, 5.74) is -0.749. The van der Waals surface area contributed by atoms with E-state index in [4.69, 9.17) is 4.74 Å². The van der Waals surface area contributed by atoms with Gasteiger partial charge in [-0.1, -0.05) is 6.07 Å². The minimum atomic E-state index is -4.39. The lowest BCUT2D eigenvalue weighted by molar-refractivity contribution is -0.137. The lowest BCUT2D eigenvalue weighted by atomic mass is 10.1. The largest absolute Gasteiger partial charge is 0.492 e. The Morgan fingerprint density at radius 2 is 1.89 bits per heavy atom. The van der Waals surface area contributed by atoms with E-state index in [0.29, 0.717) is 0 Å². The second kappa shape index (κ2) is 9.40. The average molecular weight is 400 g/mol. The number of halogens is 3. The number of hydrogen-bond donors (Lipinski definition) is 2. The van der Waals surface area contributed by atoms with Crippen LogP contribution in [0, 0.1) is 0 Å². The third-order valence-corrected chi connectivity index (χ3v) is 4.51. The van der Waals surface area contributed by atoms with Crippen LogP contribution in [-0.4, -0.2) is 25.0 Å². The van der Waals surface area contributed by atoms with Crippen molar-refractivity contribution in [3.05, 3.63) is 52.2 Å². The van der Waals surface area contributed by atoms with Crippen LogP contribution in [0.3, 0.4) is 0 Å². The number of carbonyl (C=O) groups is 2. The van der Waals surface area contributed by atoms with E-state index in [2.05, 4.69) is 10.6 Å². The molecule has 0 bridgehead atoms. The predicted molar refractivity (Wildman–Crippen MR) is 95.4 cm³/mol. The number of alkyl halides is 3. The third kappa shape index (κ3) is 6.93. The van der Waals surface area contributed by atoms with Gasteiger partial charge in [0.1, 0.15) is 12.4 Å². The van der Waals surface area contributed by atoms with Crippen LogP contribution in [0.15, 0.2) is 41.8 Å². The van der Waals surface area contributed by atoms with Crippen molar-refractivity contribution in [3.63, 3.8) is 0 Å². The summed E-state index contributed by atoms with van der Waals surface area (Å²) < 4.78 is 42.8. The van der Waals surface area contributed by atoms with Crippen molar-refractivity contribution in [3.8, 4) is 5.75 Å². The molecular formula is C18H19F3N2O3S. The van der Waals surface area contributed by atoms with Crippen molar-refractivity contribution in [1.29, 1.82) is 0 Å². The monoisotopic (exact) mass is 400 g/mol. The molecule has 0 fully saturated rings. The molecule has 27 heavy (non-hydrogen) atoms. The SMILES string of the molecule is CC(=O)NC(CC(=O)NCCOc1ccc(C(F)(F)F)cc1)c1cccs1. The summed E-state index contributed by atoms with van der Waals surface area (Å²) >= 11 is 1.44. The predicted octanol–water partition coefficient (Wildman–Crippen LogP) is 3.53. The first-order chi connectivity index (χ1) is 12.8. The van der Waals surface area contributed by atoms with E-state index in [1.54, 1.807) is 0 Å². The second-order valence-electron chi connectivity index (χ2n) is 5.69. The molecule has 0 saturated carbocycles. The molecule has 0 spiro atoms. The summed E-state index contributed by atoms with van der Waals surface area (Å²) in [5.74, 6) is -0.211. The highest BCUT2D eigenvalue weighted by Crippen LogP contribution is 2.30. The zero-order valence-electron chi connectivity index (χ0n) is 14.5. The average Bonchev–Trinajstić information content (AvgIpc) is 3.12. The van der Waals surface area contributed by atoms with Gasteiger partial charge in [0.15, 0.2) is 0 Å². The van der Waals surface area contributed by atoms with E-state index in [1.807, 2.05) is 17.5 Å². The molecule has 1 heterocycles. The maximum atomic E-state index is 12.5. The Morgan fingerprint density at radius 1 is 1.19 bits per heavy atom. The third-order valence-electron chi connectivity index (χ3n) is 3.53. The molecule has 0 aliphatic carbocycles. The fourth-order valence-electron chi connectivity index (χ4n) is 2.31.